The van der Waals surface area contributed by atoms with Crippen LogP contribution in [-0.2, 0) is 11.3 Å². The number of amides is 1. The third-order valence-electron chi connectivity index (χ3n) is 4.89. The molecule has 1 atom stereocenters. The van der Waals surface area contributed by atoms with Crippen molar-refractivity contribution in [3.05, 3.63) is 59.7 Å². The number of benzene rings is 2. The number of aryl methyl sites for hydroxylation is 1. The van der Waals surface area contributed by atoms with Gasteiger partial charge in [0.15, 0.2) is 6.61 Å². The Bertz CT molecular complexity index is 762. The minimum absolute atomic E-state index is 0.0883. The van der Waals surface area contributed by atoms with Crippen LogP contribution in [0.1, 0.15) is 18.1 Å². The number of carbonyl (C=O) groups excluding carboxylic acids is 1. The van der Waals surface area contributed by atoms with Gasteiger partial charge < -0.3 is 15.4 Å². The van der Waals surface area contributed by atoms with Crippen LogP contribution in [0.3, 0.4) is 0 Å². The molecular formula is C21H27N3O2. The Morgan fingerprint density at radius 1 is 1.19 bits per heavy atom. The van der Waals surface area contributed by atoms with E-state index in [-0.39, 0.29) is 6.61 Å². The summed E-state index contributed by atoms with van der Waals surface area (Å²) in [4.78, 5) is 15.8. The number of ether oxygens (including phenoxy) is 1. The molecule has 0 saturated carbocycles. The third kappa shape index (κ3) is 4.55. The van der Waals surface area contributed by atoms with E-state index in [9.17, 15) is 4.79 Å². The van der Waals surface area contributed by atoms with Gasteiger partial charge in [0.05, 0.1) is 0 Å². The minimum Gasteiger partial charge on any atom is -0.484 e. The first-order chi connectivity index (χ1) is 12.5. The molecule has 1 amide bonds. The number of nitrogens with zero attached hydrogens (tertiary/aromatic N) is 2. The van der Waals surface area contributed by atoms with Crippen LogP contribution in [-0.4, -0.2) is 43.1 Å². The Balaban J connectivity index is 1.61. The Morgan fingerprint density at radius 3 is 2.73 bits per heavy atom. The van der Waals surface area contributed by atoms with Crippen molar-refractivity contribution in [3.63, 3.8) is 0 Å². The molecule has 2 N–H and O–H groups in total. The largest absolute Gasteiger partial charge is 0.484 e. The second-order valence-corrected chi connectivity index (χ2v) is 6.95. The van der Waals surface area contributed by atoms with E-state index in [1.165, 1.54) is 16.8 Å². The molecule has 2 aromatic carbocycles. The molecule has 0 bridgehead atoms. The number of primary amides is 1. The van der Waals surface area contributed by atoms with Crippen molar-refractivity contribution in [2.24, 2.45) is 5.73 Å². The highest BCUT2D eigenvalue weighted by atomic mass is 16.5. The van der Waals surface area contributed by atoms with Gasteiger partial charge in [-0.2, -0.15) is 0 Å². The number of rotatable bonds is 6. The van der Waals surface area contributed by atoms with Crippen LogP contribution in [0.5, 0.6) is 5.75 Å². The standard InChI is InChI=1S/C21H27N3O2/c1-16-6-3-4-9-20(16)24-11-10-23(17(2)13-24)14-18-7-5-8-19(12-18)26-15-21(22)25/h3-9,12,17H,10-11,13-15H2,1-2H3,(H2,22,25). The highest BCUT2D eigenvalue weighted by Crippen LogP contribution is 2.24. The van der Waals surface area contributed by atoms with Crippen LogP contribution in [0.2, 0.25) is 0 Å². The fourth-order valence-corrected chi connectivity index (χ4v) is 3.49. The van der Waals surface area contributed by atoms with Gasteiger partial charge in [-0.1, -0.05) is 30.3 Å². The zero-order chi connectivity index (χ0) is 18.5. The van der Waals surface area contributed by atoms with Crippen LogP contribution >= 0.6 is 0 Å². The zero-order valence-corrected chi connectivity index (χ0v) is 15.5. The van der Waals surface area contributed by atoms with Gasteiger partial charge in [0, 0.05) is 37.9 Å². The van der Waals surface area contributed by atoms with Gasteiger partial charge >= 0.3 is 0 Å². The van der Waals surface area contributed by atoms with Crippen LogP contribution in [0, 0.1) is 6.92 Å². The van der Waals surface area contributed by atoms with Gasteiger partial charge in [-0.3, -0.25) is 9.69 Å². The van der Waals surface area contributed by atoms with Crippen molar-refractivity contribution in [1.82, 2.24) is 4.90 Å². The van der Waals surface area contributed by atoms with Crippen molar-refractivity contribution in [2.45, 2.75) is 26.4 Å². The average Bonchev–Trinajstić information content (AvgIpc) is 2.62. The van der Waals surface area contributed by atoms with Gasteiger partial charge in [-0.05, 0) is 43.2 Å². The molecule has 1 aliphatic heterocycles. The zero-order valence-electron chi connectivity index (χ0n) is 15.5. The summed E-state index contributed by atoms with van der Waals surface area (Å²) in [5.41, 5.74) is 8.98. The molecule has 1 saturated heterocycles. The number of hydrogen-bond donors (Lipinski definition) is 1. The molecule has 3 rings (SSSR count). The fraction of sp³-hybridized carbons (Fsp3) is 0.381. The normalized spacial score (nSPS) is 17.9. The van der Waals surface area contributed by atoms with Crippen LogP contribution in [0.4, 0.5) is 5.69 Å². The van der Waals surface area contributed by atoms with E-state index in [1.807, 2.05) is 18.2 Å². The summed E-state index contributed by atoms with van der Waals surface area (Å²) >= 11 is 0. The fourth-order valence-electron chi connectivity index (χ4n) is 3.49. The summed E-state index contributed by atoms with van der Waals surface area (Å²) < 4.78 is 5.41. The third-order valence-corrected chi connectivity index (χ3v) is 4.89. The summed E-state index contributed by atoms with van der Waals surface area (Å²) in [5.74, 6) is 0.226. The second kappa shape index (κ2) is 8.23. The quantitative estimate of drug-likeness (QED) is 0.867. The maximum Gasteiger partial charge on any atom is 0.255 e. The second-order valence-electron chi connectivity index (χ2n) is 6.95. The summed E-state index contributed by atoms with van der Waals surface area (Å²) in [6.45, 7) is 8.28. The Labute approximate surface area is 155 Å². The number of para-hydroxylation sites is 1. The van der Waals surface area contributed by atoms with Crippen molar-refractivity contribution >= 4 is 11.6 Å². The highest BCUT2D eigenvalue weighted by Gasteiger charge is 2.24. The first kappa shape index (κ1) is 18.3. The molecular weight excluding hydrogens is 326 g/mol. The molecule has 1 heterocycles. The highest BCUT2D eigenvalue weighted by molar-refractivity contribution is 5.75. The molecule has 0 aromatic heterocycles. The van der Waals surface area contributed by atoms with Crippen molar-refractivity contribution in [2.75, 3.05) is 31.1 Å². The first-order valence-electron chi connectivity index (χ1n) is 9.07. The summed E-state index contributed by atoms with van der Waals surface area (Å²) in [6, 6.07) is 16.9. The molecule has 1 aliphatic rings. The van der Waals surface area contributed by atoms with Crippen LogP contribution in [0.25, 0.3) is 0 Å². The van der Waals surface area contributed by atoms with Crippen molar-refractivity contribution in [3.8, 4) is 5.75 Å². The molecule has 0 radical (unpaired) electrons. The maximum atomic E-state index is 10.9. The van der Waals surface area contributed by atoms with Crippen molar-refractivity contribution in [1.29, 1.82) is 0 Å². The lowest BCUT2D eigenvalue weighted by Crippen LogP contribution is -2.51. The van der Waals surface area contributed by atoms with E-state index in [0.29, 0.717) is 11.8 Å². The SMILES string of the molecule is Cc1ccccc1N1CCN(Cc2cccc(OCC(N)=O)c2)C(C)C1. The lowest BCUT2D eigenvalue weighted by atomic mass is 10.1. The van der Waals surface area contributed by atoms with Gasteiger partial charge in [0.2, 0.25) is 0 Å². The molecule has 138 valence electrons. The van der Waals surface area contributed by atoms with Gasteiger partial charge in [-0.15, -0.1) is 0 Å². The molecule has 1 fully saturated rings. The molecule has 2 aromatic rings. The lowest BCUT2D eigenvalue weighted by molar-refractivity contribution is -0.119. The van der Waals surface area contributed by atoms with E-state index in [4.69, 9.17) is 10.5 Å². The van der Waals surface area contributed by atoms with Gasteiger partial charge in [-0.25, -0.2) is 0 Å². The van der Waals surface area contributed by atoms with E-state index in [0.717, 1.165) is 26.2 Å². The molecule has 0 aliphatic carbocycles. The summed E-state index contributed by atoms with van der Waals surface area (Å²) in [6.07, 6.45) is 0. The Hall–Kier alpha value is -2.53. The number of anilines is 1. The smallest absolute Gasteiger partial charge is 0.255 e. The topological polar surface area (TPSA) is 58.8 Å². The number of hydrogen-bond acceptors (Lipinski definition) is 4. The average molecular weight is 353 g/mol. The van der Waals surface area contributed by atoms with Gasteiger partial charge in [0.25, 0.3) is 5.91 Å². The number of carbonyl (C=O) groups is 1. The molecule has 26 heavy (non-hydrogen) atoms. The molecule has 1 unspecified atom stereocenters. The van der Waals surface area contributed by atoms with Crippen LogP contribution in [0.15, 0.2) is 48.5 Å². The molecule has 0 spiro atoms. The minimum atomic E-state index is -0.462. The predicted molar refractivity (Wildman–Crippen MR) is 104 cm³/mol. The molecule has 5 nitrogen and oxygen atoms in total. The van der Waals surface area contributed by atoms with E-state index in [2.05, 4.69) is 54.0 Å². The van der Waals surface area contributed by atoms with E-state index in [1.54, 1.807) is 0 Å². The summed E-state index contributed by atoms with van der Waals surface area (Å²) in [5, 5.41) is 0. The first-order valence-corrected chi connectivity index (χ1v) is 9.07. The van der Waals surface area contributed by atoms with Crippen LogP contribution < -0.4 is 15.4 Å². The maximum absolute atomic E-state index is 10.9. The van der Waals surface area contributed by atoms with E-state index >= 15 is 0 Å². The molecule has 5 heteroatoms. The number of piperazine rings is 1. The monoisotopic (exact) mass is 353 g/mol. The Kier molecular flexibility index (Phi) is 5.78. The Morgan fingerprint density at radius 2 is 2.00 bits per heavy atom. The van der Waals surface area contributed by atoms with Crippen molar-refractivity contribution < 1.29 is 9.53 Å². The number of nitrogens with two attached hydrogens (primary N) is 1. The van der Waals surface area contributed by atoms with E-state index < -0.39 is 5.91 Å². The van der Waals surface area contributed by atoms with Gasteiger partial charge in [0.1, 0.15) is 5.75 Å². The predicted octanol–water partition coefficient (Wildman–Crippen LogP) is 2.57. The summed E-state index contributed by atoms with van der Waals surface area (Å²) in [7, 11) is 0. The lowest BCUT2D eigenvalue weighted by Gasteiger charge is -2.41.